The molecular formula is C22H22N2O4. The van der Waals surface area contributed by atoms with Gasteiger partial charge in [0, 0.05) is 24.8 Å². The molecule has 6 nitrogen and oxygen atoms in total. The van der Waals surface area contributed by atoms with Crippen LogP contribution in [0.1, 0.15) is 37.6 Å². The summed E-state index contributed by atoms with van der Waals surface area (Å²) in [6, 6.07) is 18.0. The summed E-state index contributed by atoms with van der Waals surface area (Å²) >= 11 is 0. The van der Waals surface area contributed by atoms with E-state index < -0.39 is 0 Å². The summed E-state index contributed by atoms with van der Waals surface area (Å²) < 4.78 is 10.3. The third kappa shape index (κ3) is 5.08. The summed E-state index contributed by atoms with van der Waals surface area (Å²) in [5, 5.41) is 5.70. The molecule has 2 amide bonds. The van der Waals surface area contributed by atoms with E-state index >= 15 is 0 Å². The Morgan fingerprint density at radius 1 is 0.929 bits per heavy atom. The number of ether oxygens (including phenoxy) is 1. The van der Waals surface area contributed by atoms with E-state index in [1.165, 1.54) is 0 Å². The number of carbonyl (C=O) groups excluding carboxylic acids is 2. The molecule has 2 N–H and O–H groups in total. The number of benzene rings is 2. The molecule has 0 bridgehead atoms. The largest absolute Gasteiger partial charge is 0.467 e. The topological polar surface area (TPSA) is 80.6 Å². The normalized spacial score (nSPS) is 10.5. The predicted molar refractivity (Wildman–Crippen MR) is 105 cm³/mol. The average Bonchev–Trinajstić information content (AvgIpc) is 3.25. The van der Waals surface area contributed by atoms with Crippen LogP contribution in [0.4, 0.5) is 0 Å². The van der Waals surface area contributed by atoms with Gasteiger partial charge in [-0.3, -0.25) is 9.59 Å². The quantitative estimate of drug-likeness (QED) is 0.630. The van der Waals surface area contributed by atoms with Crippen molar-refractivity contribution in [2.75, 3.05) is 7.11 Å². The molecule has 0 unspecified atom stereocenters. The van der Waals surface area contributed by atoms with Crippen LogP contribution in [0.2, 0.25) is 0 Å². The van der Waals surface area contributed by atoms with E-state index in [0.717, 1.165) is 11.1 Å². The first-order chi connectivity index (χ1) is 13.7. The highest BCUT2D eigenvalue weighted by atomic mass is 16.5. The molecule has 6 heteroatoms. The molecule has 1 heterocycles. The molecule has 0 fully saturated rings. The van der Waals surface area contributed by atoms with Gasteiger partial charge < -0.3 is 19.8 Å². The second-order valence-electron chi connectivity index (χ2n) is 6.24. The van der Waals surface area contributed by atoms with Crippen molar-refractivity contribution in [1.29, 1.82) is 0 Å². The van der Waals surface area contributed by atoms with Gasteiger partial charge in [0.15, 0.2) is 0 Å². The first kappa shape index (κ1) is 19.4. The Labute approximate surface area is 163 Å². The maximum Gasteiger partial charge on any atom is 0.251 e. The lowest BCUT2D eigenvalue weighted by Crippen LogP contribution is -2.25. The molecule has 3 rings (SSSR count). The Balaban J connectivity index is 1.60. The minimum atomic E-state index is -0.199. The van der Waals surface area contributed by atoms with Gasteiger partial charge in [0.25, 0.3) is 11.8 Å². The lowest BCUT2D eigenvalue weighted by Gasteiger charge is -2.10. The zero-order valence-electron chi connectivity index (χ0n) is 15.6. The SMILES string of the molecule is COCc1ccccc1C(=O)NCc1cccc(C(=O)NCc2ccco2)c1. The van der Waals surface area contributed by atoms with Gasteiger partial charge in [0.1, 0.15) is 5.76 Å². The third-order valence-electron chi connectivity index (χ3n) is 4.21. The molecule has 0 spiro atoms. The number of amides is 2. The molecule has 0 aliphatic heterocycles. The van der Waals surface area contributed by atoms with Crippen LogP contribution in [0.5, 0.6) is 0 Å². The van der Waals surface area contributed by atoms with Crippen molar-refractivity contribution < 1.29 is 18.7 Å². The number of furan rings is 1. The lowest BCUT2D eigenvalue weighted by atomic mass is 10.1. The van der Waals surface area contributed by atoms with Crippen molar-refractivity contribution in [1.82, 2.24) is 10.6 Å². The molecule has 0 aliphatic carbocycles. The molecule has 144 valence electrons. The monoisotopic (exact) mass is 378 g/mol. The van der Waals surface area contributed by atoms with Crippen LogP contribution in [-0.4, -0.2) is 18.9 Å². The van der Waals surface area contributed by atoms with Gasteiger partial charge in [-0.2, -0.15) is 0 Å². The standard InChI is InChI=1S/C22H22N2O4/c1-27-15-18-7-2-3-10-20(18)22(26)23-13-16-6-4-8-17(12-16)21(25)24-14-19-9-5-11-28-19/h2-12H,13-15H2,1H3,(H,23,26)(H,24,25). The second-order valence-corrected chi connectivity index (χ2v) is 6.24. The van der Waals surface area contributed by atoms with Gasteiger partial charge >= 0.3 is 0 Å². The highest BCUT2D eigenvalue weighted by molar-refractivity contribution is 5.96. The summed E-state index contributed by atoms with van der Waals surface area (Å²) in [7, 11) is 1.59. The number of hydrogen-bond acceptors (Lipinski definition) is 4. The lowest BCUT2D eigenvalue weighted by molar-refractivity contribution is 0.0941. The van der Waals surface area contributed by atoms with Crippen molar-refractivity contribution in [2.24, 2.45) is 0 Å². The van der Waals surface area contributed by atoms with Crippen LogP contribution in [-0.2, 0) is 24.4 Å². The van der Waals surface area contributed by atoms with Crippen molar-refractivity contribution in [3.8, 4) is 0 Å². The Morgan fingerprint density at radius 3 is 2.54 bits per heavy atom. The maximum absolute atomic E-state index is 12.5. The fourth-order valence-electron chi connectivity index (χ4n) is 2.81. The van der Waals surface area contributed by atoms with E-state index in [2.05, 4.69) is 10.6 Å². The average molecular weight is 378 g/mol. The van der Waals surface area contributed by atoms with Crippen LogP contribution >= 0.6 is 0 Å². The van der Waals surface area contributed by atoms with Crippen LogP contribution in [0.25, 0.3) is 0 Å². The van der Waals surface area contributed by atoms with Crippen molar-refractivity contribution >= 4 is 11.8 Å². The van der Waals surface area contributed by atoms with Gasteiger partial charge in [-0.05, 0) is 41.5 Å². The van der Waals surface area contributed by atoms with Gasteiger partial charge in [0.2, 0.25) is 0 Å². The third-order valence-corrected chi connectivity index (χ3v) is 4.21. The summed E-state index contributed by atoms with van der Waals surface area (Å²) in [4.78, 5) is 24.8. The second kappa shape index (κ2) is 9.53. The van der Waals surface area contributed by atoms with Crippen molar-refractivity contribution in [2.45, 2.75) is 19.7 Å². The smallest absolute Gasteiger partial charge is 0.251 e. The van der Waals surface area contributed by atoms with E-state index in [1.807, 2.05) is 24.3 Å². The van der Waals surface area contributed by atoms with E-state index in [1.54, 1.807) is 49.8 Å². The molecule has 0 atom stereocenters. The molecule has 0 saturated carbocycles. The molecule has 0 radical (unpaired) electrons. The zero-order valence-corrected chi connectivity index (χ0v) is 15.6. The van der Waals surface area contributed by atoms with Crippen LogP contribution in [0, 0.1) is 0 Å². The number of rotatable bonds is 8. The summed E-state index contributed by atoms with van der Waals surface area (Å²) in [6.07, 6.45) is 1.57. The maximum atomic E-state index is 12.5. The van der Waals surface area contributed by atoms with E-state index in [-0.39, 0.29) is 11.8 Å². The van der Waals surface area contributed by atoms with Gasteiger partial charge in [-0.25, -0.2) is 0 Å². The van der Waals surface area contributed by atoms with Crippen molar-refractivity contribution in [3.63, 3.8) is 0 Å². The van der Waals surface area contributed by atoms with Gasteiger partial charge in [-0.1, -0.05) is 30.3 Å². The molecule has 2 aromatic carbocycles. The summed E-state index contributed by atoms with van der Waals surface area (Å²) in [6.45, 7) is 1.01. The number of hydrogen-bond donors (Lipinski definition) is 2. The van der Waals surface area contributed by atoms with Crippen LogP contribution in [0.15, 0.2) is 71.3 Å². The zero-order chi connectivity index (χ0) is 19.8. The first-order valence-electron chi connectivity index (χ1n) is 8.92. The minimum absolute atomic E-state index is 0.180. The molecule has 3 aromatic rings. The summed E-state index contributed by atoms with van der Waals surface area (Å²) in [5.74, 6) is 0.307. The Morgan fingerprint density at radius 2 is 1.75 bits per heavy atom. The van der Waals surface area contributed by atoms with Crippen molar-refractivity contribution in [3.05, 3.63) is 94.9 Å². The Hall–Kier alpha value is -3.38. The van der Waals surface area contributed by atoms with E-state index in [9.17, 15) is 9.59 Å². The van der Waals surface area contributed by atoms with Crippen LogP contribution < -0.4 is 10.6 Å². The minimum Gasteiger partial charge on any atom is -0.467 e. The first-order valence-corrected chi connectivity index (χ1v) is 8.92. The Bertz CT molecular complexity index is 935. The molecule has 1 aromatic heterocycles. The molecular weight excluding hydrogens is 356 g/mol. The summed E-state index contributed by atoms with van der Waals surface area (Å²) in [5.41, 5.74) is 2.77. The van der Waals surface area contributed by atoms with Crippen LogP contribution in [0.3, 0.4) is 0 Å². The number of methoxy groups -OCH3 is 1. The fourth-order valence-corrected chi connectivity index (χ4v) is 2.81. The highest BCUT2D eigenvalue weighted by Gasteiger charge is 2.11. The van der Waals surface area contributed by atoms with E-state index in [4.69, 9.17) is 9.15 Å². The van der Waals surface area contributed by atoms with E-state index in [0.29, 0.717) is 36.6 Å². The van der Waals surface area contributed by atoms with Gasteiger partial charge in [0.05, 0.1) is 19.4 Å². The molecule has 0 aliphatic rings. The Kier molecular flexibility index (Phi) is 6.59. The number of carbonyl (C=O) groups is 2. The fraction of sp³-hybridized carbons (Fsp3) is 0.182. The predicted octanol–water partition coefficient (Wildman–Crippen LogP) is 3.29. The number of nitrogens with one attached hydrogen (secondary N) is 2. The molecule has 28 heavy (non-hydrogen) atoms. The molecule has 0 saturated heterocycles. The van der Waals surface area contributed by atoms with Gasteiger partial charge in [-0.15, -0.1) is 0 Å². The highest BCUT2D eigenvalue weighted by Crippen LogP contribution is 2.11.